The molecule has 0 aromatic heterocycles. The number of carbonyl (C=O) groups excluding carboxylic acids is 1. The highest BCUT2D eigenvalue weighted by Gasteiger charge is 2.19. The SMILES string of the molecule is C[C@H](Oc1ccccc1)C(=O)Nc1ccc(NS(=O)(=O)c2ccc3c(c2)OCCCO3)cc1. The maximum absolute atomic E-state index is 12.8. The molecular formula is C24H24N2O6S. The van der Waals surface area contributed by atoms with Gasteiger partial charge in [-0.05, 0) is 55.5 Å². The summed E-state index contributed by atoms with van der Waals surface area (Å²) in [6, 6.07) is 19.9. The second-order valence-electron chi connectivity index (χ2n) is 7.40. The monoisotopic (exact) mass is 468 g/mol. The number of amides is 1. The number of carbonyl (C=O) groups is 1. The van der Waals surface area contributed by atoms with Crippen LogP contribution in [0.4, 0.5) is 11.4 Å². The van der Waals surface area contributed by atoms with E-state index >= 15 is 0 Å². The molecule has 3 aromatic carbocycles. The highest BCUT2D eigenvalue weighted by molar-refractivity contribution is 7.92. The molecule has 4 rings (SSSR count). The van der Waals surface area contributed by atoms with Crippen LogP contribution in [0.2, 0.25) is 0 Å². The van der Waals surface area contributed by atoms with Gasteiger partial charge in [0, 0.05) is 23.9 Å². The van der Waals surface area contributed by atoms with E-state index in [0.29, 0.717) is 41.8 Å². The van der Waals surface area contributed by atoms with E-state index in [9.17, 15) is 13.2 Å². The molecule has 0 saturated carbocycles. The van der Waals surface area contributed by atoms with E-state index in [1.165, 1.54) is 12.1 Å². The average molecular weight is 469 g/mol. The lowest BCUT2D eigenvalue weighted by Crippen LogP contribution is -2.30. The summed E-state index contributed by atoms with van der Waals surface area (Å²) in [4.78, 5) is 12.5. The number of hydrogen-bond acceptors (Lipinski definition) is 6. The Bertz CT molecular complexity index is 1210. The van der Waals surface area contributed by atoms with Crippen LogP contribution in [0, 0.1) is 0 Å². The van der Waals surface area contributed by atoms with Crippen molar-refractivity contribution in [1.29, 1.82) is 0 Å². The van der Waals surface area contributed by atoms with Crippen LogP contribution in [0.3, 0.4) is 0 Å². The van der Waals surface area contributed by atoms with E-state index in [2.05, 4.69) is 10.0 Å². The normalized spacial score (nSPS) is 14.0. The van der Waals surface area contributed by atoms with Crippen molar-refractivity contribution < 1.29 is 27.4 Å². The number of fused-ring (bicyclic) bond motifs is 1. The number of anilines is 2. The molecule has 1 atom stereocenters. The molecule has 0 aliphatic carbocycles. The van der Waals surface area contributed by atoms with Gasteiger partial charge >= 0.3 is 0 Å². The molecule has 172 valence electrons. The predicted octanol–water partition coefficient (Wildman–Crippen LogP) is 4.05. The lowest BCUT2D eigenvalue weighted by Gasteiger charge is -2.15. The standard InChI is InChI=1S/C24H24N2O6S/c1-17(32-20-6-3-2-4-7-20)24(27)25-18-8-10-19(11-9-18)26-33(28,29)21-12-13-22-23(16-21)31-15-5-14-30-22/h2-4,6-13,16-17,26H,5,14-15H2,1H3,(H,25,27)/t17-/m0/s1. The second kappa shape index (κ2) is 9.83. The number of benzene rings is 3. The lowest BCUT2D eigenvalue weighted by atomic mass is 10.2. The summed E-state index contributed by atoms with van der Waals surface area (Å²) in [5.41, 5.74) is 0.871. The number of rotatable bonds is 7. The van der Waals surface area contributed by atoms with Gasteiger partial charge in [-0.3, -0.25) is 9.52 Å². The van der Waals surface area contributed by atoms with Crippen LogP contribution in [0.5, 0.6) is 17.2 Å². The van der Waals surface area contributed by atoms with Gasteiger partial charge in [0.25, 0.3) is 15.9 Å². The Morgan fingerprint density at radius 3 is 2.30 bits per heavy atom. The van der Waals surface area contributed by atoms with E-state index in [1.54, 1.807) is 49.4 Å². The van der Waals surface area contributed by atoms with Crippen molar-refractivity contribution in [1.82, 2.24) is 0 Å². The van der Waals surface area contributed by atoms with Crippen LogP contribution in [-0.2, 0) is 14.8 Å². The van der Waals surface area contributed by atoms with Gasteiger partial charge < -0.3 is 19.5 Å². The molecule has 0 radical (unpaired) electrons. The zero-order chi connectivity index (χ0) is 23.3. The van der Waals surface area contributed by atoms with Gasteiger partial charge in [-0.25, -0.2) is 8.42 Å². The summed E-state index contributed by atoms with van der Waals surface area (Å²) < 4.78 is 44.9. The molecule has 8 nitrogen and oxygen atoms in total. The van der Waals surface area contributed by atoms with Crippen LogP contribution < -0.4 is 24.2 Å². The van der Waals surface area contributed by atoms with E-state index in [1.807, 2.05) is 18.2 Å². The van der Waals surface area contributed by atoms with Crippen molar-refractivity contribution in [3.8, 4) is 17.2 Å². The van der Waals surface area contributed by atoms with E-state index in [4.69, 9.17) is 14.2 Å². The molecule has 1 heterocycles. The molecule has 2 N–H and O–H groups in total. The fraction of sp³-hybridized carbons (Fsp3) is 0.208. The minimum Gasteiger partial charge on any atom is -0.490 e. The molecular weight excluding hydrogens is 444 g/mol. The fourth-order valence-corrected chi connectivity index (χ4v) is 4.22. The predicted molar refractivity (Wildman–Crippen MR) is 124 cm³/mol. The topological polar surface area (TPSA) is 103 Å². The Morgan fingerprint density at radius 2 is 1.58 bits per heavy atom. The zero-order valence-electron chi connectivity index (χ0n) is 18.0. The van der Waals surface area contributed by atoms with Gasteiger partial charge in [-0.1, -0.05) is 18.2 Å². The lowest BCUT2D eigenvalue weighted by molar-refractivity contribution is -0.122. The summed E-state index contributed by atoms with van der Waals surface area (Å²) in [7, 11) is -3.84. The maximum atomic E-state index is 12.8. The van der Waals surface area contributed by atoms with Crippen LogP contribution >= 0.6 is 0 Å². The Labute approximate surface area is 192 Å². The van der Waals surface area contributed by atoms with Crippen molar-refractivity contribution in [2.45, 2.75) is 24.3 Å². The first-order chi connectivity index (χ1) is 15.9. The molecule has 0 fully saturated rings. The van der Waals surface area contributed by atoms with Crippen molar-refractivity contribution in [3.63, 3.8) is 0 Å². The molecule has 0 saturated heterocycles. The number of para-hydroxylation sites is 1. The molecule has 1 aliphatic rings. The fourth-order valence-electron chi connectivity index (χ4n) is 3.15. The first kappa shape index (κ1) is 22.5. The summed E-state index contributed by atoms with van der Waals surface area (Å²) >= 11 is 0. The molecule has 0 bridgehead atoms. The number of nitrogens with one attached hydrogen (secondary N) is 2. The van der Waals surface area contributed by atoms with Gasteiger partial charge in [-0.2, -0.15) is 0 Å². The van der Waals surface area contributed by atoms with Gasteiger partial charge in [0.15, 0.2) is 17.6 Å². The molecule has 9 heteroatoms. The molecule has 0 unspecified atom stereocenters. The molecule has 3 aromatic rings. The summed E-state index contributed by atoms with van der Waals surface area (Å²) in [5, 5.41) is 2.75. The highest BCUT2D eigenvalue weighted by atomic mass is 32.2. The smallest absolute Gasteiger partial charge is 0.265 e. The first-order valence-electron chi connectivity index (χ1n) is 10.5. The minimum atomic E-state index is -3.84. The highest BCUT2D eigenvalue weighted by Crippen LogP contribution is 2.32. The van der Waals surface area contributed by atoms with E-state index in [0.717, 1.165) is 6.42 Å². The molecule has 33 heavy (non-hydrogen) atoms. The summed E-state index contributed by atoms with van der Waals surface area (Å²) in [5.74, 6) is 1.20. The van der Waals surface area contributed by atoms with Crippen LogP contribution in [0.1, 0.15) is 13.3 Å². The third kappa shape index (κ3) is 5.75. The average Bonchev–Trinajstić information content (AvgIpc) is 3.06. The second-order valence-corrected chi connectivity index (χ2v) is 9.09. The molecule has 0 spiro atoms. The number of ether oxygens (including phenoxy) is 3. The molecule has 1 amide bonds. The maximum Gasteiger partial charge on any atom is 0.265 e. The summed E-state index contributed by atoms with van der Waals surface area (Å²) in [6.07, 6.45) is 0.0275. The largest absolute Gasteiger partial charge is 0.490 e. The van der Waals surface area contributed by atoms with Gasteiger partial charge in [0.2, 0.25) is 0 Å². The third-order valence-electron chi connectivity index (χ3n) is 4.86. The first-order valence-corrected chi connectivity index (χ1v) is 11.9. The zero-order valence-corrected chi connectivity index (χ0v) is 18.8. The number of hydrogen-bond donors (Lipinski definition) is 2. The Kier molecular flexibility index (Phi) is 6.69. The van der Waals surface area contributed by atoms with Crippen LogP contribution in [0.15, 0.2) is 77.7 Å². The Balaban J connectivity index is 1.39. The van der Waals surface area contributed by atoms with Gasteiger partial charge in [-0.15, -0.1) is 0 Å². The van der Waals surface area contributed by atoms with Crippen LogP contribution in [0.25, 0.3) is 0 Å². The molecule has 1 aliphatic heterocycles. The quantitative estimate of drug-likeness (QED) is 0.542. The minimum absolute atomic E-state index is 0.0658. The third-order valence-corrected chi connectivity index (χ3v) is 6.24. The van der Waals surface area contributed by atoms with E-state index in [-0.39, 0.29) is 10.8 Å². The van der Waals surface area contributed by atoms with Crippen molar-refractivity contribution in [3.05, 3.63) is 72.8 Å². The van der Waals surface area contributed by atoms with Gasteiger partial charge in [0.05, 0.1) is 18.1 Å². The summed E-state index contributed by atoms with van der Waals surface area (Å²) in [6.45, 7) is 2.64. The Morgan fingerprint density at radius 1 is 0.909 bits per heavy atom. The van der Waals surface area contributed by atoms with E-state index < -0.39 is 16.1 Å². The van der Waals surface area contributed by atoms with Gasteiger partial charge in [0.1, 0.15) is 5.75 Å². The van der Waals surface area contributed by atoms with Crippen molar-refractivity contribution in [2.75, 3.05) is 23.3 Å². The van der Waals surface area contributed by atoms with Crippen LogP contribution in [-0.4, -0.2) is 33.6 Å². The van der Waals surface area contributed by atoms with Crippen molar-refractivity contribution >= 4 is 27.3 Å². The number of sulfonamides is 1. The van der Waals surface area contributed by atoms with Crippen molar-refractivity contribution in [2.24, 2.45) is 0 Å². The Hall–Kier alpha value is -3.72.